The Kier molecular flexibility index (Phi) is 1940. The minimum Gasteiger partial charge on any atom is -1.00 e. The Balaban J connectivity index is 0. The SMILES string of the molecule is O.[Cl-].[Cl-].[Cl-].[Cl-].[Cl-].[Rh]. The molecular formula is H2Cl5ORh-5. The largest absolute Gasteiger partial charge is 1.00 e. The van der Waals surface area contributed by atoms with Crippen molar-refractivity contribution in [1.82, 2.24) is 0 Å². The van der Waals surface area contributed by atoms with Crippen molar-refractivity contribution in [2.75, 3.05) is 0 Å². The predicted octanol–water partition coefficient (Wildman–Crippen LogP) is -15.8. The Hall–Kier alpha value is 2.03. The molecule has 0 aromatic carbocycles. The van der Waals surface area contributed by atoms with Gasteiger partial charge < -0.3 is 67.5 Å². The second-order valence-electron chi connectivity index (χ2n) is 0. The molecule has 1 radical (unpaired) electrons. The van der Waals surface area contributed by atoms with Crippen LogP contribution in [0, 0.1) is 0 Å². The van der Waals surface area contributed by atoms with E-state index in [4.69, 9.17) is 0 Å². The molecule has 0 aromatic heterocycles. The van der Waals surface area contributed by atoms with Crippen LogP contribution in [0.3, 0.4) is 0 Å². The second kappa shape index (κ2) is 96.1. The van der Waals surface area contributed by atoms with Crippen molar-refractivity contribution in [3.05, 3.63) is 0 Å². The Morgan fingerprint density at radius 1 is 0.429 bits per heavy atom. The fourth-order valence-corrected chi connectivity index (χ4v) is 0. The van der Waals surface area contributed by atoms with Crippen molar-refractivity contribution in [3.63, 3.8) is 0 Å². The maximum Gasteiger partial charge on any atom is 0 e. The molecule has 0 aliphatic rings. The molecule has 0 aromatic rings. The summed E-state index contributed by atoms with van der Waals surface area (Å²) in [5, 5.41) is 0. The van der Waals surface area contributed by atoms with E-state index >= 15 is 0 Å². The fraction of sp³-hybridized carbons (Fsp3) is 0. The van der Waals surface area contributed by atoms with Crippen molar-refractivity contribution >= 4 is 0 Å². The number of hydrogen-bond donors (Lipinski definition) is 0. The second-order valence-corrected chi connectivity index (χ2v) is 0. The van der Waals surface area contributed by atoms with Crippen LogP contribution in [0.1, 0.15) is 0 Å². The molecule has 0 rings (SSSR count). The third kappa shape index (κ3) is 70.7. The Bertz CT molecular complexity index is 8.04. The van der Waals surface area contributed by atoms with Gasteiger partial charge >= 0.3 is 0 Å². The Morgan fingerprint density at radius 2 is 0.429 bits per heavy atom. The van der Waals surface area contributed by atoms with Gasteiger partial charge in [-0.15, -0.1) is 0 Å². The summed E-state index contributed by atoms with van der Waals surface area (Å²) < 4.78 is 0. The van der Waals surface area contributed by atoms with E-state index in [0.717, 1.165) is 0 Å². The summed E-state index contributed by atoms with van der Waals surface area (Å²) in [5.41, 5.74) is 0. The van der Waals surface area contributed by atoms with Gasteiger partial charge in [0.1, 0.15) is 0 Å². The van der Waals surface area contributed by atoms with E-state index in [1.54, 1.807) is 0 Å². The molecule has 2 N–H and O–H groups in total. The molecular weight excluding hydrogens is 296 g/mol. The molecule has 7 heavy (non-hydrogen) atoms. The maximum absolute atomic E-state index is 0. The smallest absolute Gasteiger partial charge is 0 e. The van der Waals surface area contributed by atoms with Gasteiger partial charge in [0.05, 0.1) is 0 Å². The molecule has 0 aliphatic heterocycles. The number of halogens is 5. The van der Waals surface area contributed by atoms with Gasteiger partial charge in [-0.25, -0.2) is 0 Å². The van der Waals surface area contributed by atoms with Crippen LogP contribution in [0.4, 0.5) is 0 Å². The topological polar surface area (TPSA) is 31.5 Å². The number of hydrogen-bond acceptors (Lipinski definition) is 0. The average molecular weight is 298 g/mol. The normalized spacial score (nSPS) is 0. The van der Waals surface area contributed by atoms with Gasteiger partial charge in [0, 0.05) is 19.5 Å². The van der Waals surface area contributed by atoms with Crippen molar-refractivity contribution < 1.29 is 87.0 Å². The molecule has 0 heterocycles. The molecule has 7 heteroatoms. The van der Waals surface area contributed by atoms with E-state index in [2.05, 4.69) is 0 Å². The van der Waals surface area contributed by atoms with Crippen LogP contribution in [0.15, 0.2) is 0 Å². The molecule has 0 spiro atoms. The summed E-state index contributed by atoms with van der Waals surface area (Å²) in [6, 6.07) is 0. The van der Waals surface area contributed by atoms with Gasteiger partial charge in [0.2, 0.25) is 0 Å². The van der Waals surface area contributed by atoms with Crippen LogP contribution in [-0.2, 0) is 19.5 Å². The van der Waals surface area contributed by atoms with E-state index in [9.17, 15) is 0 Å². The maximum atomic E-state index is 0. The summed E-state index contributed by atoms with van der Waals surface area (Å²) in [4.78, 5) is 0. The fourth-order valence-electron chi connectivity index (χ4n) is 0. The first kappa shape index (κ1) is 141. The molecule has 0 saturated heterocycles. The van der Waals surface area contributed by atoms with Crippen molar-refractivity contribution in [2.24, 2.45) is 0 Å². The molecule has 57 valence electrons. The van der Waals surface area contributed by atoms with Crippen LogP contribution >= 0.6 is 0 Å². The van der Waals surface area contributed by atoms with Gasteiger partial charge in [-0.1, -0.05) is 0 Å². The Morgan fingerprint density at radius 3 is 0.429 bits per heavy atom. The molecule has 0 fully saturated rings. The third-order valence-corrected chi connectivity index (χ3v) is 0. The van der Waals surface area contributed by atoms with E-state index in [1.807, 2.05) is 0 Å². The molecule has 0 atom stereocenters. The summed E-state index contributed by atoms with van der Waals surface area (Å²) in [5.74, 6) is 0. The predicted molar refractivity (Wildman–Crippen MR) is 3.61 cm³/mol. The quantitative estimate of drug-likeness (QED) is 0.398. The zero-order chi connectivity index (χ0) is 0. The minimum atomic E-state index is 0. The molecule has 0 aliphatic carbocycles. The monoisotopic (exact) mass is 296 g/mol. The van der Waals surface area contributed by atoms with Crippen LogP contribution in [-0.4, -0.2) is 5.48 Å². The first-order valence-corrected chi connectivity index (χ1v) is 0. The summed E-state index contributed by atoms with van der Waals surface area (Å²) in [7, 11) is 0. The summed E-state index contributed by atoms with van der Waals surface area (Å²) in [6.07, 6.45) is 0. The van der Waals surface area contributed by atoms with Crippen LogP contribution < -0.4 is 62.0 Å². The summed E-state index contributed by atoms with van der Waals surface area (Å²) in [6.45, 7) is 0. The average Bonchev–Trinajstić information content (AvgIpc) is 0. The first-order chi connectivity index (χ1) is 0. The van der Waals surface area contributed by atoms with Gasteiger partial charge in [-0.2, -0.15) is 0 Å². The third-order valence-electron chi connectivity index (χ3n) is 0. The van der Waals surface area contributed by atoms with Gasteiger partial charge in [-0.05, 0) is 0 Å². The van der Waals surface area contributed by atoms with Crippen molar-refractivity contribution in [2.45, 2.75) is 0 Å². The van der Waals surface area contributed by atoms with E-state index < -0.39 is 0 Å². The van der Waals surface area contributed by atoms with E-state index in [-0.39, 0.29) is 87.0 Å². The molecule has 0 unspecified atom stereocenters. The van der Waals surface area contributed by atoms with Gasteiger partial charge in [0.15, 0.2) is 0 Å². The molecule has 0 bridgehead atoms. The zero-order valence-corrected chi connectivity index (χ0v) is 8.14. The van der Waals surface area contributed by atoms with Crippen molar-refractivity contribution in [3.8, 4) is 0 Å². The number of rotatable bonds is 0. The van der Waals surface area contributed by atoms with Crippen molar-refractivity contribution in [1.29, 1.82) is 0 Å². The standard InChI is InChI=1S/5ClH.H2O.Rh/h5*1H;1H2;/p-5. The first-order valence-electron chi connectivity index (χ1n) is 0. The van der Waals surface area contributed by atoms with E-state index in [0.29, 0.717) is 0 Å². The zero-order valence-electron chi connectivity index (χ0n) is 2.72. The van der Waals surface area contributed by atoms with E-state index in [1.165, 1.54) is 0 Å². The van der Waals surface area contributed by atoms with Crippen LogP contribution in [0.5, 0.6) is 0 Å². The Labute approximate surface area is 86.5 Å². The van der Waals surface area contributed by atoms with Gasteiger partial charge in [0.25, 0.3) is 0 Å². The minimum absolute atomic E-state index is 0. The van der Waals surface area contributed by atoms with Gasteiger partial charge in [-0.3, -0.25) is 0 Å². The molecule has 0 saturated carbocycles. The van der Waals surface area contributed by atoms with Crippen LogP contribution in [0.2, 0.25) is 0 Å². The van der Waals surface area contributed by atoms with Crippen LogP contribution in [0.25, 0.3) is 0 Å². The molecule has 1 nitrogen and oxygen atoms in total. The summed E-state index contributed by atoms with van der Waals surface area (Å²) >= 11 is 0. The molecule has 0 amide bonds.